The quantitative estimate of drug-likeness (QED) is 0.463. The van der Waals surface area contributed by atoms with Crippen molar-refractivity contribution in [2.24, 2.45) is 5.10 Å². The number of hydrogen-bond acceptors (Lipinski definition) is 4. The maximum Gasteiger partial charge on any atom is 0.258 e. The van der Waals surface area contributed by atoms with Crippen molar-refractivity contribution < 1.29 is 9.53 Å². The third kappa shape index (κ3) is 3.67. The van der Waals surface area contributed by atoms with Crippen LogP contribution in [0, 0.1) is 6.92 Å². The molecule has 1 atom stereocenters. The van der Waals surface area contributed by atoms with Gasteiger partial charge in [-0.25, -0.2) is 5.01 Å². The molecular formula is C28H25N3O3. The van der Waals surface area contributed by atoms with Crippen molar-refractivity contribution in [1.82, 2.24) is 9.99 Å². The summed E-state index contributed by atoms with van der Waals surface area (Å²) in [5.41, 5.74) is 5.31. The number of nitrogens with one attached hydrogen (secondary N) is 1. The molecule has 1 aliphatic rings. The standard InChI is InChI=1S/C28H25N3O3/c1-17-13-14-22-21(15-17)26(19-9-5-4-6-10-19)27(28(33)29-22)23-16-24(31(30-23)18(2)32)20-11-7-8-12-25(20)34-3/h4-15,24H,16H2,1-3H3,(H,29,33). The molecule has 5 rings (SSSR count). The molecule has 170 valence electrons. The number of H-pyrrole nitrogens is 1. The molecule has 0 radical (unpaired) electrons. The lowest BCUT2D eigenvalue weighted by Gasteiger charge is -2.22. The molecule has 0 saturated heterocycles. The van der Waals surface area contributed by atoms with E-state index in [0.29, 0.717) is 23.4 Å². The zero-order valence-electron chi connectivity index (χ0n) is 19.3. The van der Waals surface area contributed by atoms with E-state index >= 15 is 0 Å². The summed E-state index contributed by atoms with van der Waals surface area (Å²) in [6.45, 7) is 3.52. The summed E-state index contributed by atoms with van der Waals surface area (Å²) in [4.78, 5) is 29.1. The maximum atomic E-state index is 13.5. The Morgan fingerprint density at radius 3 is 2.50 bits per heavy atom. The van der Waals surface area contributed by atoms with Crippen molar-refractivity contribution in [3.05, 3.63) is 99.8 Å². The molecule has 1 N–H and O–H groups in total. The second-order valence-corrected chi connectivity index (χ2v) is 8.49. The fraction of sp³-hybridized carbons (Fsp3) is 0.179. The monoisotopic (exact) mass is 451 g/mol. The summed E-state index contributed by atoms with van der Waals surface area (Å²) in [6, 6.07) is 23.1. The Hall–Kier alpha value is -4.19. The summed E-state index contributed by atoms with van der Waals surface area (Å²) in [5, 5.41) is 7.10. The van der Waals surface area contributed by atoms with E-state index in [1.165, 1.54) is 11.9 Å². The number of hydrazone groups is 1. The third-order valence-electron chi connectivity index (χ3n) is 6.25. The van der Waals surface area contributed by atoms with E-state index in [-0.39, 0.29) is 17.5 Å². The smallest absolute Gasteiger partial charge is 0.258 e. The van der Waals surface area contributed by atoms with Gasteiger partial charge < -0.3 is 9.72 Å². The fourth-order valence-electron chi connectivity index (χ4n) is 4.72. The van der Waals surface area contributed by atoms with Crippen LogP contribution in [0.3, 0.4) is 0 Å². The van der Waals surface area contributed by atoms with Crippen molar-refractivity contribution in [1.29, 1.82) is 0 Å². The molecule has 4 aromatic rings. The van der Waals surface area contributed by atoms with Crippen LogP contribution < -0.4 is 10.3 Å². The van der Waals surface area contributed by atoms with Crippen molar-refractivity contribution in [2.45, 2.75) is 26.3 Å². The number of pyridine rings is 1. The molecule has 3 aromatic carbocycles. The number of nitrogens with zero attached hydrogens (tertiary/aromatic N) is 2. The molecule has 0 fully saturated rings. The summed E-state index contributed by atoms with van der Waals surface area (Å²) in [5.74, 6) is 0.488. The van der Waals surface area contributed by atoms with Crippen LogP contribution in [0.2, 0.25) is 0 Å². The minimum Gasteiger partial charge on any atom is -0.496 e. The third-order valence-corrected chi connectivity index (χ3v) is 6.25. The number of aromatic nitrogens is 1. The average molecular weight is 452 g/mol. The maximum absolute atomic E-state index is 13.5. The Bertz CT molecular complexity index is 1490. The highest BCUT2D eigenvalue weighted by molar-refractivity contribution is 6.13. The van der Waals surface area contributed by atoms with E-state index in [1.54, 1.807) is 7.11 Å². The first kappa shape index (κ1) is 21.6. The number of benzene rings is 3. The largest absolute Gasteiger partial charge is 0.496 e. The van der Waals surface area contributed by atoms with Crippen molar-refractivity contribution in [3.8, 4) is 16.9 Å². The van der Waals surface area contributed by atoms with Crippen LogP contribution in [-0.4, -0.2) is 28.7 Å². The minimum atomic E-state index is -0.361. The summed E-state index contributed by atoms with van der Waals surface area (Å²) < 4.78 is 5.56. The zero-order chi connectivity index (χ0) is 23.8. The normalized spacial score (nSPS) is 15.4. The number of hydrogen-bond donors (Lipinski definition) is 1. The Morgan fingerprint density at radius 2 is 1.76 bits per heavy atom. The number of carbonyl (C=O) groups excluding carboxylic acids is 1. The number of aromatic amines is 1. The van der Waals surface area contributed by atoms with Crippen molar-refractivity contribution in [3.63, 3.8) is 0 Å². The Labute approximate surface area is 197 Å². The molecule has 0 aliphatic carbocycles. The van der Waals surface area contributed by atoms with Gasteiger partial charge in [0.1, 0.15) is 5.75 Å². The van der Waals surface area contributed by atoms with E-state index in [2.05, 4.69) is 11.1 Å². The van der Waals surface area contributed by atoms with Crippen LogP contribution in [0.4, 0.5) is 0 Å². The number of fused-ring (bicyclic) bond motifs is 1. The van der Waals surface area contributed by atoms with E-state index < -0.39 is 0 Å². The Morgan fingerprint density at radius 1 is 1.03 bits per heavy atom. The van der Waals surface area contributed by atoms with Gasteiger partial charge in [0.2, 0.25) is 5.91 Å². The Kier molecular flexibility index (Phi) is 5.49. The number of rotatable bonds is 4. The average Bonchev–Trinajstić information content (AvgIpc) is 3.29. The number of amides is 1. The fourth-order valence-corrected chi connectivity index (χ4v) is 4.72. The Balaban J connectivity index is 1.75. The van der Waals surface area contributed by atoms with Crippen LogP contribution in [0.15, 0.2) is 82.7 Å². The molecule has 6 heteroatoms. The number of para-hydroxylation sites is 1. The van der Waals surface area contributed by atoms with Gasteiger partial charge in [0, 0.05) is 35.4 Å². The first-order valence-electron chi connectivity index (χ1n) is 11.2. The van der Waals surface area contributed by atoms with Crippen LogP contribution >= 0.6 is 0 Å². The highest BCUT2D eigenvalue weighted by Gasteiger charge is 2.35. The zero-order valence-corrected chi connectivity index (χ0v) is 19.3. The van der Waals surface area contributed by atoms with Crippen molar-refractivity contribution in [2.75, 3.05) is 7.11 Å². The predicted molar refractivity (Wildman–Crippen MR) is 134 cm³/mol. The van der Waals surface area contributed by atoms with Gasteiger partial charge in [0.25, 0.3) is 5.56 Å². The molecule has 0 saturated carbocycles. The number of aryl methyl sites for hydroxylation is 1. The minimum absolute atomic E-state index is 0.194. The summed E-state index contributed by atoms with van der Waals surface area (Å²) in [7, 11) is 1.61. The molecule has 0 spiro atoms. The second-order valence-electron chi connectivity index (χ2n) is 8.49. The number of carbonyl (C=O) groups is 1. The lowest BCUT2D eigenvalue weighted by atomic mass is 9.90. The lowest BCUT2D eigenvalue weighted by Crippen LogP contribution is -2.24. The van der Waals surface area contributed by atoms with E-state index in [0.717, 1.165) is 33.2 Å². The SMILES string of the molecule is COc1ccccc1C1CC(c2c(-c3ccccc3)c3cc(C)ccc3[nH]c2=O)=NN1C(C)=O. The molecular weight excluding hydrogens is 426 g/mol. The summed E-state index contributed by atoms with van der Waals surface area (Å²) in [6.07, 6.45) is 0.403. The number of methoxy groups -OCH3 is 1. The van der Waals surface area contributed by atoms with Gasteiger partial charge in [0.05, 0.1) is 24.4 Å². The predicted octanol–water partition coefficient (Wildman–Crippen LogP) is 5.21. The first-order valence-corrected chi connectivity index (χ1v) is 11.2. The van der Waals surface area contributed by atoms with Gasteiger partial charge >= 0.3 is 0 Å². The van der Waals surface area contributed by atoms with Gasteiger partial charge in [-0.3, -0.25) is 9.59 Å². The topological polar surface area (TPSA) is 74.8 Å². The second kappa shape index (κ2) is 8.63. The molecule has 1 unspecified atom stereocenters. The van der Waals surface area contributed by atoms with Gasteiger partial charge in [-0.05, 0) is 30.7 Å². The molecule has 1 aromatic heterocycles. The van der Waals surface area contributed by atoms with Gasteiger partial charge in [-0.15, -0.1) is 0 Å². The van der Waals surface area contributed by atoms with E-state index in [4.69, 9.17) is 9.84 Å². The molecule has 1 amide bonds. The molecule has 34 heavy (non-hydrogen) atoms. The first-order chi connectivity index (χ1) is 16.5. The molecule has 6 nitrogen and oxygen atoms in total. The molecule has 0 bridgehead atoms. The van der Waals surface area contributed by atoms with Crippen LogP contribution in [0.5, 0.6) is 5.75 Å². The van der Waals surface area contributed by atoms with Gasteiger partial charge in [-0.2, -0.15) is 5.10 Å². The van der Waals surface area contributed by atoms with Crippen LogP contribution in [-0.2, 0) is 4.79 Å². The van der Waals surface area contributed by atoms with Gasteiger partial charge in [-0.1, -0.05) is 60.2 Å². The van der Waals surface area contributed by atoms with E-state index in [9.17, 15) is 9.59 Å². The number of ether oxygens (including phenoxy) is 1. The molecule has 1 aliphatic heterocycles. The van der Waals surface area contributed by atoms with Crippen LogP contribution in [0.1, 0.15) is 36.1 Å². The highest BCUT2D eigenvalue weighted by atomic mass is 16.5. The van der Waals surface area contributed by atoms with Gasteiger partial charge in [0.15, 0.2) is 0 Å². The lowest BCUT2D eigenvalue weighted by molar-refractivity contribution is -0.130. The van der Waals surface area contributed by atoms with E-state index in [1.807, 2.05) is 73.7 Å². The highest BCUT2D eigenvalue weighted by Crippen LogP contribution is 2.39. The summed E-state index contributed by atoms with van der Waals surface area (Å²) >= 11 is 0. The van der Waals surface area contributed by atoms with Crippen molar-refractivity contribution >= 4 is 22.5 Å². The molecule has 2 heterocycles. The van der Waals surface area contributed by atoms with Crippen LogP contribution in [0.25, 0.3) is 22.0 Å².